The average molecular weight is 277 g/mol. The van der Waals surface area contributed by atoms with Crippen molar-refractivity contribution in [1.29, 1.82) is 0 Å². The van der Waals surface area contributed by atoms with E-state index in [1.54, 1.807) is 7.11 Å². The zero-order valence-corrected chi connectivity index (χ0v) is 13.2. The van der Waals surface area contributed by atoms with Crippen molar-refractivity contribution < 1.29 is 9.16 Å². The maximum Gasteiger partial charge on any atom is 0.238 e. The van der Waals surface area contributed by atoms with E-state index in [0.29, 0.717) is 0 Å². The Labute approximate surface area is 119 Å². The third-order valence-corrected chi connectivity index (χ3v) is 5.22. The second kappa shape index (κ2) is 9.95. The molecule has 1 aromatic carbocycles. The van der Waals surface area contributed by atoms with E-state index in [9.17, 15) is 0 Å². The van der Waals surface area contributed by atoms with Crippen LogP contribution < -0.4 is 0 Å². The minimum absolute atomic E-state index is 0.751. The molecule has 0 saturated heterocycles. The first-order valence-corrected chi connectivity index (χ1v) is 8.80. The molecule has 0 saturated carbocycles. The van der Waals surface area contributed by atoms with Crippen molar-refractivity contribution in [2.75, 3.05) is 19.9 Å². The smallest absolute Gasteiger partial charge is 0.238 e. The highest BCUT2D eigenvalue weighted by Gasteiger charge is 2.11. The molecule has 0 N–H and O–H groups in total. The normalized spacial score (nSPS) is 10.9. The Hall–Kier alpha value is -0.903. The number of methoxy groups -OCH3 is 1. The second-order valence-electron chi connectivity index (χ2n) is 4.62. The molecule has 0 fully saturated rings. The lowest BCUT2D eigenvalue weighted by Crippen LogP contribution is -2.25. The Kier molecular flexibility index (Phi) is 8.46. The van der Waals surface area contributed by atoms with E-state index in [-0.39, 0.29) is 0 Å². The molecule has 1 rings (SSSR count). The van der Waals surface area contributed by atoms with E-state index in [2.05, 4.69) is 37.8 Å². The van der Waals surface area contributed by atoms with Crippen molar-refractivity contribution in [1.82, 2.24) is 0 Å². The number of hydrogen-bond donors (Lipinski definition) is 0. The number of ether oxygens (including phenoxy) is 1. The minimum atomic E-state index is -0.751. The molecule has 105 valence electrons. The lowest BCUT2D eigenvalue weighted by molar-refractivity contribution is 0.215. The summed E-state index contributed by atoms with van der Waals surface area (Å²) in [5, 5.41) is 0. The van der Waals surface area contributed by atoms with Gasteiger partial charge in [0.25, 0.3) is 0 Å². The number of rotatable bonds is 10. The molecule has 0 aliphatic rings. The van der Waals surface area contributed by atoms with Gasteiger partial charge < -0.3 is 9.16 Å². The molecule has 3 heteroatoms. The van der Waals surface area contributed by atoms with Crippen LogP contribution in [0.2, 0.25) is 6.04 Å². The highest BCUT2D eigenvalue weighted by molar-refractivity contribution is 6.51. The molecule has 2 nitrogen and oxygen atoms in total. The van der Waals surface area contributed by atoms with Gasteiger partial charge in [-0.3, -0.25) is 0 Å². The van der Waals surface area contributed by atoms with Crippen molar-refractivity contribution in [3.8, 4) is 0 Å². The Balaban J connectivity index is 2.26. The average Bonchev–Trinajstić information content (AvgIpc) is 2.44. The molecular weight excluding hydrogens is 252 g/mol. The molecule has 0 heterocycles. The highest BCUT2D eigenvalue weighted by atomic mass is 28.3. The zero-order chi connectivity index (χ0) is 13.9. The molecule has 0 spiro atoms. The van der Waals surface area contributed by atoms with Gasteiger partial charge in [-0.15, -0.1) is 0 Å². The monoisotopic (exact) mass is 277 g/mol. The Morgan fingerprint density at radius 3 is 2.89 bits per heavy atom. The van der Waals surface area contributed by atoms with E-state index in [1.165, 1.54) is 23.6 Å². The van der Waals surface area contributed by atoms with Crippen molar-refractivity contribution >= 4 is 15.1 Å². The van der Waals surface area contributed by atoms with Gasteiger partial charge in [0.15, 0.2) is 0 Å². The molecular formula is C16H25O2Si. The third kappa shape index (κ3) is 6.71. The molecule has 19 heavy (non-hydrogen) atoms. The standard InChI is InChI=1S/C16H25O2Si/c1-4-12-19(14-17-3)18-11-7-10-16-9-6-8-15(5-2)13-16/h5-6,8-9,13H,2,4,7,10-12,14H2,1,3H3. The summed E-state index contributed by atoms with van der Waals surface area (Å²) in [6.07, 6.45) is 6.00. The molecule has 0 aliphatic carbocycles. The molecule has 1 aromatic rings. The summed E-state index contributed by atoms with van der Waals surface area (Å²) in [5.41, 5.74) is 2.55. The first-order valence-electron chi connectivity index (χ1n) is 6.98. The quantitative estimate of drug-likeness (QED) is 0.477. The van der Waals surface area contributed by atoms with Gasteiger partial charge in [-0.1, -0.05) is 50.3 Å². The summed E-state index contributed by atoms with van der Waals surface area (Å²) in [4.78, 5) is 0. The van der Waals surface area contributed by atoms with Gasteiger partial charge in [0.05, 0.1) is 6.23 Å². The van der Waals surface area contributed by atoms with Gasteiger partial charge in [-0.25, -0.2) is 0 Å². The van der Waals surface area contributed by atoms with Gasteiger partial charge in [0, 0.05) is 13.7 Å². The SMILES string of the molecule is C=Cc1cccc(CCCO[Si](CCC)COC)c1. The third-order valence-electron chi connectivity index (χ3n) is 2.94. The number of hydrogen-bond acceptors (Lipinski definition) is 2. The summed E-state index contributed by atoms with van der Waals surface area (Å²) in [5.74, 6) is 0. The van der Waals surface area contributed by atoms with Crippen LogP contribution in [0.5, 0.6) is 0 Å². The van der Waals surface area contributed by atoms with Gasteiger partial charge in [0.1, 0.15) is 0 Å². The van der Waals surface area contributed by atoms with E-state index in [4.69, 9.17) is 9.16 Å². The van der Waals surface area contributed by atoms with Crippen LogP contribution in [0, 0.1) is 0 Å². The number of aryl methyl sites for hydroxylation is 1. The lowest BCUT2D eigenvalue weighted by atomic mass is 10.1. The van der Waals surface area contributed by atoms with Gasteiger partial charge >= 0.3 is 0 Å². The van der Waals surface area contributed by atoms with Crippen LogP contribution in [0.4, 0.5) is 0 Å². The van der Waals surface area contributed by atoms with Crippen molar-refractivity contribution in [2.24, 2.45) is 0 Å². The van der Waals surface area contributed by atoms with Crippen LogP contribution in [0.15, 0.2) is 30.8 Å². The highest BCUT2D eigenvalue weighted by Crippen LogP contribution is 2.09. The number of benzene rings is 1. The minimum Gasteiger partial charge on any atom is -0.414 e. The van der Waals surface area contributed by atoms with Crippen molar-refractivity contribution in [3.63, 3.8) is 0 Å². The zero-order valence-electron chi connectivity index (χ0n) is 12.2. The molecule has 0 atom stereocenters. The fraction of sp³-hybridized carbons (Fsp3) is 0.500. The van der Waals surface area contributed by atoms with Crippen LogP contribution in [0.3, 0.4) is 0 Å². The molecule has 0 aromatic heterocycles. The fourth-order valence-electron chi connectivity index (χ4n) is 1.99. The Morgan fingerprint density at radius 1 is 1.37 bits per heavy atom. The van der Waals surface area contributed by atoms with Crippen LogP contribution in [-0.2, 0) is 15.6 Å². The van der Waals surface area contributed by atoms with E-state index in [0.717, 1.165) is 25.7 Å². The summed E-state index contributed by atoms with van der Waals surface area (Å²) >= 11 is 0. The molecule has 1 radical (unpaired) electrons. The Morgan fingerprint density at radius 2 is 2.21 bits per heavy atom. The van der Waals surface area contributed by atoms with Gasteiger partial charge in [0.2, 0.25) is 9.04 Å². The molecule has 0 amide bonds. The van der Waals surface area contributed by atoms with E-state index < -0.39 is 9.04 Å². The van der Waals surface area contributed by atoms with Crippen LogP contribution in [-0.4, -0.2) is 29.0 Å². The van der Waals surface area contributed by atoms with Crippen LogP contribution in [0.1, 0.15) is 30.9 Å². The maximum atomic E-state index is 5.96. The summed E-state index contributed by atoms with van der Waals surface area (Å²) in [7, 11) is 1.00. The summed E-state index contributed by atoms with van der Waals surface area (Å²) < 4.78 is 11.2. The van der Waals surface area contributed by atoms with Crippen molar-refractivity contribution in [3.05, 3.63) is 42.0 Å². The van der Waals surface area contributed by atoms with Crippen LogP contribution >= 0.6 is 0 Å². The van der Waals surface area contributed by atoms with Gasteiger partial charge in [-0.05, 0) is 30.0 Å². The maximum absolute atomic E-state index is 5.96. The lowest BCUT2D eigenvalue weighted by Gasteiger charge is -2.13. The topological polar surface area (TPSA) is 18.5 Å². The predicted octanol–water partition coefficient (Wildman–Crippen LogP) is 3.87. The summed E-state index contributed by atoms with van der Waals surface area (Å²) in [6, 6.07) is 9.70. The fourth-order valence-corrected chi connectivity index (χ4v) is 3.68. The largest absolute Gasteiger partial charge is 0.414 e. The molecule has 0 unspecified atom stereocenters. The Bertz CT molecular complexity index is 360. The van der Waals surface area contributed by atoms with E-state index >= 15 is 0 Å². The first-order chi connectivity index (χ1) is 9.30. The van der Waals surface area contributed by atoms with Crippen molar-refractivity contribution in [2.45, 2.75) is 32.2 Å². The predicted molar refractivity (Wildman–Crippen MR) is 83.5 cm³/mol. The van der Waals surface area contributed by atoms with E-state index in [1.807, 2.05) is 6.08 Å². The molecule has 0 aliphatic heterocycles. The van der Waals surface area contributed by atoms with Gasteiger partial charge in [-0.2, -0.15) is 0 Å². The summed E-state index contributed by atoms with van der Waals surface area (Å²) in [6.45, 7) is 6.84. The molecule has 0 bridgehead atoms. The second-order valence-corrected chi connectivity index (χ2v) is 6.78. The van der Waals surface area contributed by atoms with Crippen LogP contribution in [0.25, 0.3) is 6.08 Å². The first kappa shape index (κ1) is 16.2.